The SMILES string of the molecule is CC(C)c1ccc(COc2ccc([C@H](C)O)c(F)c2)cc1. The van der Waals surface area contributed by atoms with Gasteiger partial charge in [-0.2, -0.15) is 0 Å². The Morgan fingerprint density at radius 2 is 1.71 bits per heavy atom. The highest BCUT2D eigenvalue weighted by atomic mass is 19.1. The maximum atomic E-state index is 13.7. The first kappa shape index (κ1) is 15.5. The molecule has 112 valence electrons. The molecule has 3 heteroatoms. The summed E-state index contributed by atoms with van der Waals surface area (Å²) in [6.07, 6.45) is -0.817. The molecule has 0 aliphatic carbocycles. The van der Waals surface area contributed by atoms with Crippen LogP contribution in [0.5, 0.6) is 5.75 Å². The molecule has 0 aromatic heterocycles. The Hall–Kier alpha value is -1.87. The Kier molecular flexibility index (Phi) is 4.97. The molecule has 0 unspecified atom stereocenters. The van der Waals surface area contributed by atoms with Crippen LogP contribution < -0.4 is 4.74 Å². The fourth-order valence-electron chi connectivity index (χ4n) is 2.10. The quantitative estimate of drug-likeness (QED) is 0.872. The van der Waals surface area contributed by atoms with Gasteiger partial charge in [-0.25, -0.2) is 4.39 Å². The van der Waals surface area contributed by atoms with Crippen molar-refractivity contribution in [2.75, 3.05) is 0 Å². The number of ether oxygens (including phenoxy) is 1. The van der Waals surface area contributed by atoms with Gasteiger partial charge in [0.15, 0.2) is 0 Å². The number of aliphatic hydroxyl groups excluding tert-OH is 1. The zero-order chi connectivity index (χ0) is 15.4. The van der Waals surface area contributed by atoms with E-state index in [0.717, 1.165) is 5.56 Å². The van der Waals surface area contributed by atoms with Gasteiger partial charge in [0.05, 0.1) is 6.10 Å². The van der Waals surface area contributed by atoms with E-state index in [9.17, 15) is 9.50 Å². The average molecular weight is 288 g/mol. The Labute approximate surface area is 125 Å². The van der Waals surface area contributed by atoms with Crippen molar-refractivity contribution in [2.24, 2.45) is 0 Å². The van der Waals surface area contributed by atoms with E-state index in [-0.39, 0.29) is 5.56 Å². The first-order chi connectivity index (χ1) is 9.97. The van der Waals surface area contributed by atoms with Crippen LogP contribution in [0.3, 0.4) is 0 Å². The minimum atomic E-state index is -0.817. The molecule has 0 aliphatic rings. The summed E-state index contributed by atoms with van der Waals surface area (Å²) in [5, 5.41) is 9.39. The lowest BCUT2D eigenvalue weighted by Crippen LogP contribution is -1.99. The van der Waals surface area contributed by atoms with E-state index in [4.69, 9.17) is 4.74 Å². The fourth-order valence-corrected chi connectivity index (χ4v) is 2.10. The van der Waals surface area contributed by atoms with E-state index in [1.165, 1.54) is 18.6 Å². The van der Waals surface area contributed by atoms with Crippen molar-refractivity contribution in [3.05, 3.63) is 65.0 Å². The van der Waals surface area contributed by atoms with E-state index in [0.29, 0.717) is 18.3 Å². The van der Waals surface area contributed by atoms with Gasteiger partial charge in [-0.05, 0) is 36.1 Å². The summed E-state index contributed by atoms with van der Waals surface area (Å²) in [7, 11) is 0. The number of hydrogen-bond acceptors (Lipinski definition) is 2. The molecule has 0 saturated heterocycles. The lowest BCUT2D eigenvalue weighted by Gasteiger charge is -2.11. The van der Waals surface area contributed by atoms with E-state index in [1.54, 1.807) is 12.1 Å². The van der Waals surface area contributed by atoms with Gasteiger partial charge >= 0.3 is 0 Å². The topological polar surface area (TPSA) is 29.5 Å². The van der Waals surface area contributed by atoms with Crippen molar-refractivity contribution in [3.63, 3.8) is 0 Å². The first-order valence-electron chi connectivity index (χ1n) is 7.16. The zero-order valence-corrected chi connectivity index (χ0v) is 12.6. The molecule has 0 bridgehead atoms. The van der Waals surface area contributed by atoms with Gasteiger partial charge in [0.2, 0.25) is 0 Å². The monoisotopic (exact) mass is 288 g/mol. The van der Waals surface area contributed by atoms with Gasteiger partial charge in [0.1, 0.15) is 18.2 Å². The van der Waals surface area contributed by atoms with Crippen LogP contribution in [0.1, 0.15) is 49.5 Å². The Morgan fingerprint density at radius 1 is 1.05 bits per heavy atom. The summed E-state index contributed by atoms with van der Waals surface area (Å²) < 4.78 is 19.3. The van der Waals surface area contributed by atoms with Gasteiger partial charge in [-0.3, -0.25) is 0 Å². The normalized spacial score (nSPS) is 12.5. The molecule has 1 N–H and O–H groups in total. The van der Waals surface area contributed by atoms with Crippen LogP contribution in [-0.2, 0) is 6.61 Å². The molecule has 0 spiro atoms. The summed E-state index contributed by atoms with van der Waals surface area (Å²) in [4.78, 5) is 0. The molecule has 2 aromatic carbocycles. The highest BCUT2D eigenvalue weighted by Crippen LogP contribution is 2.22. The van der Waals surface area contributed by atoms with Crippen molar-refractivity contribution >= 4 is 0 Å². The highest BCUT2D eigenvalue weighted by Gasteiger charge is 2.09. The molecule has 2 aromatic rings. The van der Waals surface area contributed by atoms with Crippen molar-refractivity contribution in [1.82, 2.24) is 0 Å². The number of aliphatic hydroxyl groups is 1. The zero-order valence-electron chi connectivity index (χ0n) is 12.6. The molecule has 2 rings (SSSR count). The molecule has 0 heterocycles. The van der Waals surface area contributed by atoms with Crippen molar-refractivity contribution < 1.29 is 14.2 Å². The van der Waals surface area contributed by atoms with Crippen LogP contribution in [0.25, 0.3) is 0 Å². The van der Waals surface area contributed by atoms with E-state index >= 15 is 0 Å². The van der Waals surface area contributed by atoms with Gasteiger partial charge in [0, 0.05) is 11.6 Å². The Bertz CT molecular complexity index is 589. The minimum Gasteiger partial charge on any atom is -0.489 e. The van der Waals surface area contributed by atoms with Gasteiger partial charge < -0.3 is 9.84 Å². The summed E-state index contributed by atoms with van der Waals surface area (Å²) in [5.74, 6) is 0.518. The standard InChI is InChI=1S/C18H21FO2/c1-12(2)15-6-4-14(5-7-15)11-21-16-8-9-17(13(3)20)18(19)10-16/h4-10,12-13,20H,11H2,1-3H3/t13-/m0/s1. The van der Waals surface area contributed by atoms with Gasteiger partial charge in [-0.15, -0.1) is 0 Å². The molecule has 0 saturated carbocycles. The molecule has 0 aliphatic heterocycles. The molecule has 0 amide bonds. The fraction of sp³-hybridized carbons (Fsp3) is 0.333. The maximum Gasteiger partial charge on any atom is 0.132 e. The second kappa shape index (κ2) is 6.72. The van der Waals surface area contributed by atoms with Crippen LogP contribution in [0.15, 0.2) is 42.5 Å². The Balaban J connectivity index is 2.01. The van der Waals surface area contributed by atoms with Crippen LogP contribution in [0, 0.1) is 5.82 Å². The van der Waals surface area contributed by atoms with Crippen LogP contribution >= 0.6 is 0 Å². The second-order valence-electron chi connectivity index (χ2n) is 5.54. The Morgan fingerprint density at radius 3 is 2.24 bits per heavy atom. The molecule has 2 nitrogen and oxygen atoms in total. The third-order valence-electron chi connectivity index (χ3n) is 3.47. The number of hydrogen-bond donors (Lipinski definition) is 1. The number of halogens is 1. The van der Waals surface area contributed by atoms with Crippen molar-refractivity contribution in [3.8, 4) is 5.75 Å². The minimum absolute atomic E-state index is 0.281. The van der Waals surface area contributed by atoms with Crippen LogP contribution in [0.4, 0.5) is 4.39 Å². The van der Waals surface area contributed by atoms with E-state index < -0.39 is 11.9 Å². The summed E-state index contributed by atoms with van der Waals surface area (Å²) >= 11 is 0. The van der Waals surface area contributed by atoms with Crippen molar-refractivity contribution in [1.29, 1.82) is 0 Å². The van der Waals surface area contributed by atoms with Gasteiger partial charge in [-0.1, -0.05) is 38.1 Å². The highest BCUT2D eigenvalue weighted by molar-refractivity contribution is 5.31. The first-order valence-corrected chi connectivity index (χ1v) is 7.16. The maximum absolute atomic E-state index is 13.7. The molecule has 0 fully saturated rings. The van der Waals surface area contributed by atoms with E-state index in [1.807, 2.05) is 12.1 Å². The number of benzene rings is 2. The third kappa shape index (κ3) is 4.05. The van der Waals surface area contributed by atoms with Crippen molar-refractivity contribution in [2.45, 2.75) is 39.4 Å². The lowest BCUT2D eigenvalue weighted by molar-refractivity contribution is 0.194. The predicted octanol–water partition coefficient (Wildman–Crippen LogP) is 4.58. The summed E-state index contributed by atoms with van der Waals surface area (Å²) in [6, 6.07) is 12.8. The average Bonchev–Trinajstić information content (AvgIpc) is 2.45. The second-order valence-corrected chi connectivity index (χ2v) is 5.54. The molecular weight excluding hydrogens is 267 g/mol. The lowest BCUT2D eigenvalue weighted by atomic mass is 10.0. The van der Waals surface area contributed by atoms with Crippen LogP contribution in [-0.4, -0.2) is 5.11 Å². The summed E-state index contributed by atoms with van der Waals surface area (Å²) in [5.41, 5.74) is 2.61. The third-order valence-corrected chi connectivity index (χ3v) is 3.47. The summed E-state index contributed by atoms with van der Waals surface area (Å²) in [6.45, 7) is 6.23. The smallest absolute Gasteiger partial charge is 0.132 e. The van der Waals surface area contributed by atoms with Crippen LogP contribution in [0.2, 0.25) is 0 Å². The molecule has 1 atom stereocenters. The number of rotatable bonds is 5. The van der Waals surface area contributed by atoms with E-state index in [2.05, 4.69) is 26.0 Å². The predicted molar refractivity (Wildman–Crippen MR) is 81.9 cm³/mol. The molecule has 0 radical (unpaired) electrons. The molecule has 21 heavy (non-hydrogen) atoms. The van der Waals surface area contributed by atoms with Gasteiger partial charge in [0.25, 0.3) is 0 Å². The molecular formula is C18H21FO2. The largest absolute Gasteiger partial charge is 0.489 e.